The first-order chi connectivity index (χ1) is 9.94. The van der Waals surface area contributed by atoms with Gasteiger partial charge in [-0.25, -0.2) is 0 Å². The van der Waals surface area contributed by atoms with Gasteiger partial charge < -0.3 is 20.3 Å². The van der Waals surface area contributed by atoms with Gasteiger partial charge in [-0.1, -0.05) is 13.3 Å². The molecule has 126 valence electrons. The van der Waals surface area contributed by atoms with Crippen LogP contribution < -0.4 is 15.5 Å². The number of ether oxygens (including phenoxy) is 1. The summed E-state index contributed by atoms with van der Waals surface area (Å²) in [4.78, 5) is 1.80. The van der Waals surface area contributed by atoms with E-state index in [1.807, 2.05) is 7.11 Å². The van der Waals surface area contributed by atoms with Crippen molar-refractivity contribution in [1.82, 2.24) is 0 Å². The fourth-order valence-corrected chi connectivity index (χ4v) is 3.13. The number of hydrogen-bond acceptors (Lipinski definition) is 1. The topological polar surface area (TPSA) is 46.9 Å². The van der Waals surface area contributed by atoms with Gasteiger partial charge in [0.1, 0.15) is 39.3 Å². The van der Waals surface area contributed by atoms with Crippen LogP contribution in [0.4, 0.5) is 0 Å². The Morgan fingerprint density at radius 2 is 1.90 bits per heavy atom. The number of rotatable bonds is 10. The Kier molecular flexibility index (Phi) is 8.79. The van der Waals surface area contributed by atoms with E-state index in [2.05, 4.69) is 38.3 Å². The van der Waals surface area contributed by atoms with Crippen molar-refractivity contribution in [2.45, 2.75) is 58.6 Å². The van der Waals surface area contributed by atoms with Crippen molar-refractivity contribution in [2.75, 3.05) is 46.4 Å². The fourth-order valence-electron chi connectivity index (χ4n) is 3.13. The minimum Gasteiger partial charge on any atom is -0.379 e. The van der Waals surface area contributed by atoms with E-state index >= 15 is 0 Å². The van der Waals surface area contributed by atoms with Gasteiger partial charge >= 0.3 is 0 Å². The average Bonchev–Trinajstić information content (AvgIpc) is 2.48. The molecule has 0 amide bonds. The molecule has 1 aliphatic heterocycles. The first-order valence-corrected chi connectivity index (χ1v) is 8.98. The van der Waals surface area contributed by atoms with E-state index in [4.69, 9.17) is 4.74 Å². The molecule has 1 aliphatic rings. The first kappa shape index (κ1) is 18.9. The molecule has 1 rings (SSSR count). The van der Waals surface area contributed by atoms with Crippen molar-refractivity contribution < 1.29 is 20.3 Å². The molecule has 4 heteroatoms. The smallest absolute Gasteiger partial charge is 0.127 e. The highest BCUT2D eigenvalue weighted by atomic mass is 16.5. The first-order valence-electron chi connectivity index (χ1n) is 8.98. The molecule has 0 aliphatic carbocycles. The lowest BCUT2D eigenvalue weighted by Crippen LogP contribution is -3.22. The minimum absolute atomic E-state index is 0.0430. The highest BCUT2D eigenvalue weighted by molar-refractivity contribution is 4.69. The molecule has 21 heavy (non-hydrogen) atoms. The number of hydrogen-bond donors (Lipinski definition) is 3. The van der Waals surface area contributed by atoms with Gasteiger partial charge in [-0.2, -0.15) is 0 Å². The van der Waals surface area contributed by atoms with E-state index < -0.39 is 0 Å². The zero-order valence-corrected chi connectivity index (χ0v) is 15.1. The monoisotopic (exact) mass is 302 g/mol. The highest BCUT2D eigenvalue weighted by Gasteiger charge is 2.20. The van der Waals surface area contributed by atoms with Gasteiger partial charge in [0.15, 0.2) is 0 Å². The summed E-state index contributed by atoms with van der Waals surface area (Å²) in [5, 5.41) is 5.01. The fraction of sp³-hybridized carbons (Fsp3) is 1.00. The van der Waals surface area contributed by atoms with Crippen LogP contribution in [0.25, 0.3) is 0 Å². The van der Waals surface area contributed by atoms with Crippen molar-refractivity contribution in [1.29, 1.82) is 0 Å². The van der Waals surface area contributed by atoms with Gasteiger partial charge in [0.2, 0.25) is 0 Å². The maximum absolute atomic E-state index is 5.50. The Morgan fingerprint density at radius 1 is 1.24 bits per heavy atom. The molecule has 0 unspecified atom stereocenters. The quantitative estimate of drug-likeness (QED) is 0.458. The predicted molar refractivity (Wildman–Crippen MR) is 87.6 cm³/mol. The van der Waals surface area contributed by atoms with Crippen molar-refractivity contribution >= 4 is 0 Å². The van der Waals surface area contributed by atoms with Crippen LogP contribution in [0, 0.1) is 5.92 Å². The average molecular weight is 303 g/mol. The molecular weight excluding hydrogens is 262 g/mol. The summed E-state index contributed by atoms with van der Waals surface area (Å²) in [6.07, 6.45) is 3.75. The molecule has 0 spiro atoms. The second-order valence-corrected chi connectivity index (χ2v) is 7.58. The van der Waals surface area contributed by atoms with E-state index in [0.717, 1.165) is 18.4 Å². The third kappa shape index (κ3) is 8.15. The summed E-state index contributed by atoms with van der Waals surface area (Å²) in [6, 6.07) is 0.742. The zero-order chi connectivity index (χ0) is 15.7. The summed E-state index contributed by atoms with van der Waals surface area (Å²) in [5.41, 5.74) is 0.0430. The van der Waals surface area contributed by atoms with E-state index in [0.29, 0.717) is 0 Å². The Balaban J connectivity index is 2.08. The third-order valence-electron chi connectivity index (χ3n) is 5.33. The van der Waals surface area contributed by atoms with Crippen molar-refractivity contribution in [3.05, 3.63) is 0 Å². The van der Waals surface area contributed by atoms with Crippen LogP contribution >= 0.6 is 0 Å². The molecule has 0 radical (unpaired) electrons. The number of quaternary nitrogens is 3. The van der Waals surface area contributed by atoms with Gasteiger partial charge in [-0.05, 0) is 33.6 Å². The largest absolute Gasteiger partial charge is 0.379 e. The molecule has 0 aromatic rings. The van der Waals surface area contributed by atoms with Gasteiger partial charge in [-0.15, -0.1) is 0 Å². The Bertz CT molecular complexity index is 265. The molecule has 0 bridgehead atoms. The number of methoxy groups -OCH3 is 1. The van der Waals surface area contributed by atoms with Crippen molar-refractivity contribution in [3.8, 4) is 0 Å². The van der Waals surface area contributed by atoms with Gasteiger partial charge in [0, 0.05) is 13.0 Å². The van der Waals surface area contributed by atoms with Crippen LogP contribution in [-0.2, 0) is 4.74 Å². The molecular formula is C17H40N3O+3. The molecule has 2 atom stereocenters. The molecule has 0 aromatic heterocycles. The normalized spacial score (nSPS) is 20.4. The molecule has 5 N–H and O–H groups in total. The van der Waals surface area contributed by atoms with Crippen LogP contribution in [0.5, 0.6) is 0 Å². The van der Waals surface area contributed by atoms with Crippen molar-refractivity contribution in [2.24, 2.45) is 5.92 Å². The summed E-state index contributed by atoms with van der Waals surface area (Å²) in [5.74, 6) is 0.794. The van der Waals surface area contributed by atoms with Crippen LogP contribution in [0.3, 0.4) is 0 Å². The summed E-state index contributed by atoms with van der Waals surface area (Å²) in [6.45, 7) is 17.1. The molecule has 0 aromatic carbocycles. The lowest BCUT2D eigenvalue weighted by atomic mass is 9.93. The lowest BCUT2D eigenvalue weighted by Gasteiger charge is -2.25. The van der Waals surface area contributed by atoms with Crippen molar-refractivity contribution in [3.63, 3.8) is 0 Å². The molecule has 4 nitrogen and oxygen atoms in total. The van der Waals surface area contributed by atoms with E-state index in [-0.39, 0.29) is 5.60 Å². The molecule has 0 saturated carbocycles. The summed E-state index contributed by atoms with van der Waals surface area (Å²) >= 11 is 0. The zero-order valence-electron chi connectivity index (χ0n) is 15.1. The van der Waals surface area contributed by atoms with Gasteiger partial charge in [-0.3, -0.25) is 0 Å². The van der Waals surface area contributed by atoms with E-state index in [1.54, 1.807) is 4.90 Å². The lowest BCUT2D eigenvalue weighted by molar-refractivity contribution is -0.955. The number of piperazine rings is 1. The second kappa shape index (κ2) is 9.78. The Morgan fingerprint density at radius 3 is 2.52 bits per heavy atom. The van der Waals surface area contributed by atoms with Crippen LogP contribution in [0.1, 0.15) is 47.0 Å². The van der Waals surface area contributed by atoms with Crippen LogP contribution in [0.2, 0.25) is 0 Å². The standard InChI is InChI=1S/C17H37N3O/c1-15(7-6-8-17(3,4)21-5)16(2)19-11-14-20-12-9-18-10-13-20/h15-16,18-19H,6-14H2,1-5H3/p+3/t15-,16-/m1/s1. The Labute approximate surface area is 132 Å². The molecule has 1 heterocycles. The second-order valence-electron chi connectivity index (χ2n) is 7.58. The molecule has 1 saturated heterocycles. The number of nitrogens with two attached hydrogens (primary N) is 2. The maximum Gasteiger partial charge on any atom is 0.127 e. The van der Waals surface area contributed by atoms with E-state index in [1.165, 1.54) is 52.1 Å². The van der Waals surface area contributed by atoms with E-state index in [9.17, 15) is 0 Å². The predicted octanol–water partition coefficient (Wildman–Crippen LogP) is -1.37. The summed E-state index contributed by atoms with van der Waals surface area (Å²) in [7, 11) is 1.82. The van der Waals surface area contributed by atoms with Crippen LogP contribution in [-0.4, -0.2) is 58.0 Å². The van der Waals surface area contributed by atoms with Gasteiger partial charge in [0.05, 0.1) is 11.6 Å². The Hall–Kier alpha value is -0.160. The third-order valence-corrected chi connectivity index (χ3v) is 5.33. The highest BCUT2D eigenvalue weighted by Crippen LogP contribution is 2.19. The maximum atomic E-state index is 5.50. The van der Waals surface area contributed by atoms with Crippen LogP contribution in [0.15, 0.2) is 0 Å². The summed E-state index contributed by atoms with van der Waals surface area (Å²) < 4.78 is 5.50. The van der Waals surface area contributed by atoms with Gasteiger partial charge in [0.25, 0.3) is 0 Å². The number of nitrogens with one attached hydrogen (secondary N) is 1. The minimum atomic E-state index is 0.0430. The SMILES string of the molecule is COC(C)(C)CCC[C@@H](C)[C@@H](C)[NH2+]CC[NH+]1CC[NH2+]CC1. The molecule has 1 fully saturated rings.